The van der Waals surface area contributed by atoms with Gasteiger partial charge in [0.15, 0.2) is 0 Å². The van der Waals surface area contributed by atoms with Crippen molar-refractivity contribution in [3.05, 3.63) is 42.5 Å². The van der Waals surface area contributed by atoms with Crippen LogP contribution in [0, 0.1) is 17.8 Å². The standard InChI is InChI=1S/C20H27NO4S.Ca.2H/c22-19(23)11-7-2-1-6-10-18-15-12-13-16(14-15)20(18)21-26(24,25)17-8-4-3-5-9-17;;;/h1,3-6,8-9,15-16,18,20-21H,2,7,10-14H2,(H,22,23);;;/q;+2;2*-1/b6-1-;;;/t15-,16+,18+,20+;;;/m1.../s1. The Hall–Kier alpha value is -0.400. The molecule has 0 spiro atoms. The molecular weight excluding hydrogens is 390 g/mol. The number of carbonyl (C=O) groups is 1. The van der Waals surface area contributed by atoms with Gasteiger partial charge in [-0.15, -0.1) is 0 Å². The average molecular weight is 420 g/mol. The van der Waals surface area contributed by atoms with Crippen LogP contribution in [0.15, 0.2) is 47.4 Å². The Kier molecular flexibility index (Phi) is 8.81. The van der Waals surface area contributed by atoms with Crippen LogP contribution < -0.4 is 4.72 Å². The van der Waals surface area contributed by atoms with Crippen molar-refractivity contribution in [3.63, 3.8) is 0 Å². The second-order valence-electron chi connectivity index (χ2n) is 7.45. The van der Waals surface area contributed by atoms with E-state index in [-0.39, 0.29) is 53.1 Å². The molecule has 7 heteroatoms. The first-order valence-electron chi connectivity index (χ1n) is 9.41. The molecule has 4 atom stereocenters. The summed E-state index contributed by atoms with van der Waals surface area (Å²) in [4.78, 5) is 10.9. The molecule has 0 saturated heterocycles. The van der Waals surface area contributed by atoms with Crippen LogP contribution in [-0.4, -0.2) is 63.3 Å². The number of carboxylic acid groups (broad SMARTS) is 1. The van der Waals surface area contributed by atoms with E-state index < -0.39 is 16.0 Å². The molecule has 146 valence electrons. The zero-order valence-electron chi connectivity index (χ0n) is 17.6. The first kappa shape index (κ1) is 22.9. The molecule has 0 aromatic heterocycles. The van der Waals surface area contributed by atoms with Gasteiger partial charge >= 0.3 is 43.7 Å². The number of benzene rings is 1. The Balaban J connectivity index is 0.00000261. The fourth-order valence-corrected chi connectivity index (χ4v) is 5.90. The Morgan fingerprint density at radius 2 is 1.89 bits per heavy atom. The zero-order valence-corrected chi connectivity index (χ0v) is 18.6. The summed E-state index contributed by atoms with van der Waals surface area (Å²) in [5.74, 6) is 0.598. The van der Waals surface area contributed by atoms with E-state index in [1.54, 1.807) is 24.3 Å². The van der Waals surface area contributed by atoms with Gasteiger partial charge in [0.1, 0.15) is 0 Å². The van der Waals surface area contributed by atoms with E-state index in [9.17, 15) is 13.2 Å². The van der Waals surface area contributed by atoms with Crippen LogP contribution in [0.2, 0.25) is 0 Å². The summed E-state index contributed by atoms with van der Waals surface area (Å²) < 4.78 is 28.4. The minimum atomic E-state index is -3.49. The van der Waals surface area contributed by atoms with Crippen molar-refractivity contribution in [3.8, 4) is 0 Å². The first-order chi connectivity index (χ1) is 12.5. The Morgan fingerprint density at radius 1 is 1.19 bits per heavy atom. The summed E-state index contributed by atoms with van der Waals surface area (Å²) in [6.45, 7) is 0. The first-order valence-corrected chi connectivity index (χ1v) is 10.9. The van der Waals surface area contributed by atoms with Gasteiger partial charge < -0.3 is 7.96 Å². The number of unbranched alkanes of at least 4 members (excludes halogenated alkanes) is 1. The van der Waals surface area contributed by atoms with Crippen molar-refractivity contribution in [1.82, 2.24) is 4.72 Å². The minimum absolute atomic E-state index is 0. The summed E-state index contributed by atoms with van der Waals surface area (Å²) in [6, 6.07) is 8.57. The van der Waals surface area contributed by atoms with E-state index in [1.165, 1.54) is 6.42 Å². The van der Waals surface area contributed by atoms with Crippen molar-refractivity contribution in [2.45, 2.75) is 55.9 Å². The van der Waals surface area contributed by atoms with E-state index in [1.807, 2.05) is 12.1 Å². The maximum Gasteiger partial charge on any atom is 2.00 e. The summed E-state index contributed by atoms with van der Waals surface area (Å²) in [5.41, 5.74) is 0. The second-order valence-corrected chi connectivity index (χ2v) is 9.16. The molecule has 2 aliphatic rings. The van der Waals surface area contributed by atoms with Crippen molar-refractivity contribution in [2.75, 3.05) is 0 Å². The van der Waals surface area contributed by atoms with E-state index >= 15 is 0 Å². The van der Waals surface area contributed by atoms with E-state index in [0.717, 1.165) is 25.7 Å². The van der Waals surface area contributed by atoms with Crippen molar-refractivity contribution >= 4 is 53.7 Å². The average Bonchev–Trinajstić information content (AvgIpc) is 3.20. The van der Waals surface area contributed by atoms with E-state index in [2.05, 4.69) is 10.8 Å². The van der Waals surface area contributed by atoms with Gasteiger partial charge in [0.05, 0.1) is 4.90 Å². The Labute approximate surface area is 194 Å². The number of allylic oxidation sites excluding steroid dienone is 2. The minimum Gasteiger partial charge on any atom is -1.00 e. The number of aliphatic carboxylic acids is 1. The molecule has 0 unspecified atom stereocenters. The van der Waals surface area contributed by atoms with Crippen LogP contribution in [0.3, 0.4) is 0 Å². The van der Waals surface area contributed by atoms with Crippen molar-refractivity contribution in [1.29, 1.82) is 0 Å². The van der Waals surface area contributed by atoms with Crippen molar-refractivity contribution < 1.29 is 21.2 Å². The van der Waals surface area contributed by atoms with Crippen LogP contribution in [0.1, 0.15) is 47.8 Å². The third-order valence-electron chi connectivity index (χ3n) is 5.77. The number of hydrogen-bond donors (Lipinski definition) is 2. The number of carboxylic acids is 1. The molecule has 1 aromatic rings. The molecule has 2 bridgehead atoms. The fourth-order valence-electron chi connectivity index (χ4n) is 4.52. The van der Waals surface area contributed by atoms with Gasteiger partial charge in [-0.05, 0) is 68.4 Å². The predicted molar refractivity (Wildman–Crippen MR) is 108 cm³/mol. The van der Waals surface area contributed by atoms with Crippen LogP contribution in [0.4, 0.5) is 0 Å². The van der Waals surface area contributed by atoms with Gasteiger partial charge in [0.2, 0.25) is 10.0 Å². The molecule has 2 aliphatic carbocycles. The van der Waals surface area contributed by atoms with Gasteiger partial charge in [0, 0.05) is 12.5 Å². The molecular formula is C20H29CaNO4S. The smallest absolute Gasteiger partial charge is 1.00 e. The Morgan fingerprint density at radius 3 is 2.59 bits per heavy atom. The number of nitrogens with one attached hydrogen (secondary N) is 1. The SMILES string of the molecule is O=C(O)CCC/C=C\C[C@H]1[C@@H]2CC[C@@H](C2)[C@@H]1NS(=O)(=O)c1ccccc1.[Ca+2].[H-].[H-]. The molecule has 2 fully saturated rings. The molecule has 3 rings (SSSR count). The number of rotatable bonds is 9. The molecule has 0 amide bonds. The molecule has 0 radical (unpaired) electrons. The van der Waals surface area contributed by atoms with Gasteiger partial charge in [-0.25, -0.2) is 13.1 Å². The molecule has 5 nitrogen and oxygen atoms in total. The molecule has 27 heavy (non-hydrogen) atoms. The number of sulfonamides is 1. The summed E-state index contributed by atoms with van der Waals surface area (Å²) in [5, 5.41) is 8.66. The van der Waals surface area contributed by atoms with E-state index in [0.29, 0.717) is 29.1 Å². The van der Waals surface area contributed by atoms with Crippen molar-refractivity contribution in [2.24, 2.45) is 17.8 Å². The fraction of sp³-hybridized carbons (Fsp3) is 0.550. The van der Waals surface area contributed by atoms with Crippen LogP contribution in [0.25, 0.3) is 0 Å². The molecule has 2 saturated carbocycles. The van der Waals surface area contributed by atoms with Gasteiger partial charge in [-0.1, -0.05) is 30.4 Å². The van der Waals surface area contributed by atoms with Crippen LogP contribution in [0.5, 0.6) is 0 Å². The predicted octanol–water partition coefficient (Wildman–Crippen LogP) is 3.43. The summed E-state index contributed by atoms with van der Waals surface area (Å²) in [6.07, 6.45) is 10.00. The normalized spacial score (nSPS) is 27.0. The molecule has 2 N–H and O–H groups in total. The second kappa shape index (κ2) is 10.4. The maximum absolute atomic E-state index is 12.7. The Bertz CT molecular complexity index is 761. The van der Waals surface area contributed by atoms with Gasteiger partial charge in [0.25, 0.3) is 0 Å². The third kappa shape index (κ3) is 6.04. The molecule has 1 aromatic carbocycles. The molecule has 0 heterocycles. The summed E-state index contributed by atoms with van der Waals surface area (Å²) >= 11 is 0. The monoisotopic (exact) mass is 419 g/mol. The number of fused-ring (bicyclic) bond motifs is 2. The van der Waals surface area contributed by atoms with Gasteiger partial charge in [-0.3, -0.25) is 4.79 Å². The van der Waals surface area contributed by atoms with E-state index in [4.69, 9.17) is 5.11 Å². The largest absolute Gasteiger partial charge is 2.00 e. The molecule has 0 aliphatic heterocycles. The quantitative estimate of drug-likeness (QED) is 0.365. The topological polar surface area (TPSA) is 83.5 Å². The third-order valence-corrected chi connectivity index (χ3v) is 7.24. The number of hydrogen-bond acceptors (Lipinski definition) is 3. The summed E-state index contributed by atoms with van der Waals surface area (Å²) in [7, 11) is -3.49. The maximum atomic E-state index is 12.7. The zero-order chi connectivity index (χ0) is 18.6. The van der Waals surface area contributed by atoms with Crippen LogP contribution >= 0.6 is 0 Å². The van der Waals surface area contributed by atoms with Crippen LogP contribution in [-0.2, 0) is 14.8 Å². The van der Waals surface area contributed by atoms with Gasteiger partial charge in [-0.2, -0.15) is 0 Å².